The number of aromatic nitrogens is 2. The maximum atomic E-state index is 4.64. The molecule has 1 aromatic rings. The predicted octanol–water partition coefficient (Wildman–Crippen LogP) is 2.41. The third kappa shape index (κ3) is 3.01. The summed E-state index contributed by atoms with van der Waals surface area (Å²) in [5, 5.41) is 3.37. The lowest BCUT2D eigenvalue weighted by molar-refractivity contribution is 0.568. The maximum absolute atomic E-state index is 4.64. The van der Waals surface area contributed by atoms with Crippen LogP contribution < -0.4 is 5.32 Å². The molecule has 1 aliphatic rings. The van der Waals surface area contributed by atoms with Crippen molar-refractivity contribution in [2.75, 3.05) is 0 Å². The van der Waals surface area contributed by atoms with Gasteiger partial charge in [0.25, 0.3) is 0 Å². The Hall–Kier alpha value is -0.960. The smallest absolute Gasteiger partial charge is 0.142 e. The van der Waals surface area contributed by atoms with E-state index >= 15 is 0 Å². The van der Waals surface area contributed by atoms with Crippen LogP contribution in [0.4, 0.5) is 0 Å². The van der Waals surface area contributed by atoms with Crippen LogP contribution in [0, 0.1) is 0 Å². The minimum atomic E-state index is 0.484. The molecule has 0 unspecified atom stereocenters. The summed E-state index contributed by atoms with van der Waals surface area (Å²) in [6.07, 6.45) is 3.60. The van der Waals surface area contributed by atoms with Crippen LogP contribution in [0.5, 0.6) is 0 Å². The normalized spacial score (nSPS) is 15.8. The first-order valence-electron chi connectivity index (χ1n) is 6.29. The Bertz CT molecular complexity index is 356. The van der Waals surface area contributed by atoms with E-state index in [1.54, 1.807) is 0 Å². The Balaban J connectivity index is 2.12. The molecular weight excluding hydrogens is 198 g/mol. The molecule has 0 aromatic carbocycles. The van der Waals surface area contributed by atoms with E-state index in [1.807, 2.05) is 0 Å². The predicted molar refractivity (Wildman–Crippen MR) is 65.4 cm³/mol. The van der Waals surface area contributed by atoms with Gasteiger partial charge in [-0.15, -0.1) is 0 Å². The number of hydrogen-bond acceptors (Lipinski definition) is 3. The van der Waals surface area contributed by atoms with Crippen molar-refractivity contribution in [1.29, 1.82) is 0 Å². The summed E-state index contributed by atoms with van der Waals surface area (Å²) in [6, 6.07) is 2.66. The number of nitrogens with one attached hydrogen (secondary N) is 1. The third-order valence-electron chi connectivity index (χ3n) is 2.87. The average Bonchev–Trinajstić information content (AvgIpc) is 3.09. The van der Waals surface area contributed by atoms with E-state index in [1.165, 1.54) is 24.2 Å². The molecule has 0 aliphatic heterocycles. The number of aryl methyl sites for hydroxylation is 1. The Kier molecular flexibility index (Phi) is 3.54. The van der Waals surface area contributed by atoms with Gasteiger partial charge in [-0.1, -0.05) is 20.8 Å². The lowest BCUT2D eigenvalue weighted by Crippen LogP contribution is -2.23. The van der Waals surface area contributed by atoms with E-state index in [2.05, 4.69) is 42.1 Å². The van der Waals surface area contributed by atoms with Gasteiger partial charge in [0.1, 0.15) is 5.82 Å². The van der Waals surface area contributed by atoms with Gasteiger partial charge >= 0.3 is 0 Å². The van der Waals surface area contributed by atoms with Crippen molar-refractivity contribution in [1.82, 2.24) is 15.3 Å². The zero-order valence-corrected chi connectivity index (χ0v) is 10.5. The monoisotopic (exact) mass is 219 g/mol. The summed E-state index contributed by atoms with van der Waals surface area (Å²) in [4.78, 5) is 9.20. The number of rotatable bonds is 5. The Labute approximate surface area is 97.7 Å². The molecule has 0 spiro atoms. The van der Waals surface area contributed by atoms with Crippen LogP contribution in [0.1, 0.15) is 56.7 Å². The minimum Gasteiger partial charge on any atom is -0.308 e. The van der Waals surface area contributed by atoms with Gasteiger partial charge in [0.2, 0.25) is 0 Å². The molecule has 1 fully saturated rings. The van der Waals surface area contributed by atoms with E-state index in [9.17, 15) is 0 Å². The van der Waals surface area contributed by atoms with Crippen molar-refractivity contribution in [3.8, 4) is 0 Å². The molecule has 1 N–H and O–H groups in total. The molecule has 0 atom stereocenters. The summed E-state index contributed by atoms with van der Waals surface area (Å²) in [5.41, 5.74) is 2.44. The molecule has 1 aromatic heterocycles. The molecule has 88 valence electrons. The molecule has 1 aliphatic carbocycles. The quantitative estimate of drug-likeness (QED) is 0.826. The van der Waals surface area contributed by atoms with Gasteiger partial charge in [0, 0.05) is 23.3 Å². The van der Waals surface area contributed by atoms with Gasteiger partial charge in [-0.3, -0.25) is 0 Å². The minimum absolute atomic E-state index is 0.484. The van der Waals surface area contributed by atoms with Gasteiger partial charge in [-0.05, 0) is 25.3 Å². The van der Waals surface area contributed by atoms with Crippen LogP contribution in [-0.4, -0.2) is 16.0 Å². The van der Waals surface area contributed by atoms with Crippen LogP contribution in [0.3, 0.4) is 0 Å². The summed E-state index contributed by atoms with van der Waals surface area (Å²) >= 11 is 0. The summed E-state index contributed by atoms with van der Waals surface area (Å²) in [6.45, 7) is 7.22. The van der Waals surface area contributed by atoms with Crippen LogP contribution in [-0.2, 0) is 13.0 Å². The first kappa shape index (κ1) is 11.5. The molecule has 0 saturated heterocycles. The highest BCUT2D eigenvalue weighted by atomic mass is 15.0. The lowest BCUT2D eigenvalue weighted by Gasteiger charge is -2.09. The highest BCUT2D eigenvalue weighted by molar-refractivity contribution is 5.19. The highest BCUT2D eigenvalue weighted by Crippen LogP contribution is 2.39. The van der Waals surface area contributed by atoms with E-state index < -0.39 is 0 Å². The largest absolute Gasteiger partial charge is 0.308 e. The van der Waals surface area contributed by atoms with Crippen LogP contribution >= 0.6 is 0 Å². The second-order valence-electron chi connectivity index (χ2n) is 4.86. The topological polar surface area (TPSA) is 37.8 Å². The van der Waals surface area contributed by atoms with Gasteiger partial charge in [0.15, 0.2) is 0 Å². The lowest BCUT2D eigenvalue weighted by atomic mass is 10.2. The van der Waals surface area contributed by atoms with Crippen LogP contribution in [0.2, 0.25) is 0 Å². The second kappa shape index (κ2) is 4.91. The molecule has 0 radical (unpaired) electrons. The number of hydrogen-bond donors (Lipinski definition) is 1. The SMILES string of the molecule is CCc1cc(C2CC2)nc(CNC(C)C)n1. The zero-order chi connectivity index (χ0) is 11.5. The molecule has 1 heterocycles. The van der Waals surface area contributed by atoms with E-state index in [4.69, 9.17) is 0 Å². The van der Waals surface area contributed by atoms with Gasteiger partial charge in [-0.2, -0.15) is 0 Å². The van der Waals surface area contributed by atoms with Gasteiger partial charge in [0.05, 0.1) is 6.54 Å². The molecule has 0 amide bonds. The maximum Gasteiger partial charge on any atom is 0.142 e. The Morgan fingerprint density at radius 2 is 2.12 bits per heavy atom. The van der Waals surface area contributed by atoms with Crippen LogP contribution in [0.25, 0.3) is 0 Å². The van der Waals surface area contributed by atoms with Crippen molar-refractivity contribution >= 4 is 0 Å². The van der Waals surface area contributed by atoms with Gasteiger partial charge in [-0.25, -0.2) is 9.97 Å². The van der Waals surface area contributed by atoms with E-state index in [0.717, 1.165) is 18.8 Å². The van der Waals surface area contributed by atoms with Crippen molar-refractivity contribution in [2.45, 2.75) is 58.5 Å². The Morgan fingerprint density at radius 1 is 1.38 bits per heavy atom. The fourth-order valence-corrected chi connectivity index (χ4v) is 1.72. The first-order valence-corrected chi connectivity index (χ1v) is 6.29. The molecule has 3 nitrogen and oxygen atoms in total. The first-order chi connectivity index (χ1) is 7.69. The average molecular weight is 219 g/mol. The molecular formula is C13H21N3. The van der Waals surface area contributed by atoms with E-state index in [-0.39, 0.29) is 0 Å². The van der Waals surface area contributed by atoms with Gasteiger partial charge < -0.3 is 5.32 Å². The molecule has 1 saturated carbocycles. The highest BCUT2D eigenvalue weighted by Gasteiger charge is 2.25. The van der Waals surface area contributed by atoms with E-state index in [0.29, 0.717) is 12.0 Å². The fourth-order valence-electron chi connectivity index (χ4n) is 1.72. The van der Waals surface area contributed by atoms with Crippen molar-refractivity contribution in [2.24, 2.45) is 0 Å². The summed E-state index contributed by atoms with van der Waals surface area (Å²) in [7, 11) is 0. The Morgan fingerprint density at radius 3 is 2.69 bits per heavy atom. The second-order valence-corrected chi connectivity index (χ2v) is 4.86. The van der Waals surface area contributed by atoms with Crippen molar-refractivity contribution in [3.63, 3.8) is 0 Å². The molecule has 2 rings (SSSR count). The summed E-state index contributed by atoms with van der Waals surface area (Å²) < 4.78 is 0. The zero-order valence-electron chi connectivity index (χ0n) is 10.5. The number of nitrogens with zero attached hydrogens (tertiary/aromatic N) is 2. The fraction of sp³-hybridized carbons (Fsp3) is 0.692. The van der Waals surface area contributed by atoms with Crippen LogP contribution in [0.15, 0.2) is 6.07 Å². The van der Waals surface area contributed by atoms with Crippen molar-refractivity contribution in [3.05, 3.63) is 23.3 Å². The standard InChI is InChI=1S/C13H21N3/c1-4-11-7-12(10-5-6-10)16-13(15-11)8-14-9(2)3/h7,9-10,14H,4-6,8H2,1-3H3. The van der Waals surface area contributed by atoms with Crippen molar-refractivity contribution < 1.29 is 0 Å². The third-order valence-corrected chi connectivity index (χ3v) is 2.87. The summed E-state index contributed by atoms with van der Waals surface area (Å²) in [5.74, 6) is 1.67. The molecule has 0 bridgehead atoms. The molecule has 16 heavy (non-hydrogen) atoms. The molecule has 3 heteroatoms.